The van der Waals surface area contributed by atoms with E-state index in [1.807, 2.05) is 30.3 Å². The fraction of sp³-hybridized carbons (Fsp3) is 0.222. The van der Waals surface area contributed by atoms with Crippen molar-refractivity contribution in [2.75, 3.05) is 5.43 Å². The largest absolute Gasteiger partial charge is 1.00 e. The quantitative estimate of drug-likeness (QED) is 0.311. The molecule has 1 unspecified atom stereocenters. The molecule has 0 saturated carbocycles. The van der Waals surface area contributed by atoms with E-state index in [0.29, 0.717) is 6.42 Å². The fourth-order valence-electron chi connectivity index (χ4n) is 0.891. The average Bonchev–Trinajstić information content (AvgIpc) is 2.20. The molecule has 0 spiro atoms. The van der Waals surface area contributed by atoms with Gasteiger partial charge in [0.2, 0.25) is 0 Å². The molecule has 0 aromatic heterocycles. The van der Waals surface area contributed by atoms with Gasteiger partial charge in [-0.3, -0.25) is 5.43 Å². The summed E-state index contributed by atoms with van der Waals surface area (Å²) in [6.45, 7) is 1.75. The third-order valence-electron chi connectivity index (χ3n) is 1.61. The monoisotopic (exact) mass is 233 g/mol. The Labute approximate surface area is 112 Å². The van der Waals surface area contributed by atoms with E-state index >= 15 is 0 Å². The predicted octanol–water partition coefficient (Wildman–Crippen LogP) is -1.07. The summed E-state index contributed by atoms with van der Waals surface area (Å²) < 4.78 is 10.6. The Morgan fingerprint density at radius 3 is 2.53 bits per heavy atom. The van der Waals surface area contributed by atoms with Crippen molar-refractivity contribution in [1.29, 1.82) is 0 Å². The molecule has 0 saturated heterocycles. The number of para-hydroxylation sites is 1. The predicted molar refractivity (Wildman–Crippen MR) is 55.4 cm³/mol. The second-order valence-electron chi connectivity index (χ2n) is 2.62. The Bertz CT molecular complexity index is 343. The van der Waals surface area contributed by atoms with Crippen LogP contribution in [-0.2, 0) is 4.57 Å². The molecule has 0 radical (unpaired) electrons. The maximum absolute atomic E-state index is 10.6. The minimum atomic E-state index is -2.57. The van der Waals surface area contributed by atoms with Gasteiger partial charge in [0.1, 0.15) is 0 Å². The van der Waals surface area contributed by atoms with E-state index in [-0.39, 0.29) is 35.0 Å². The van der Waals surface area contributed by atoms with Crippen LogP contribution in [0.2, 0.25) is 0 Å². The van der Waals surface area contributed by atoms with Crippen LogP contribution in [0.3, 0.4) is 0 Å². The van der Waals surface area contributed by atoms with Gasteiger partial charge in [0.05, 0.1) is 5.69 Å². The van der Waals surface area contributed by atoms with Crippen molar-refractivity contribution in [3.8, 4) is 0 Å². The van der Waals surface area contributed by atoms with Crippen LogP contribution in [0.4, 0.5) is 5.69 Å². The van der Waals surface area contributed by atoms with Gasteiger partial charge in [-0.25, -0.2) is 0 Å². The van der Waals surface area contributed by atoms with Crippen LogP contribution >= 0.6 is 8.03 Å². The first-order valence-corrected chi connectivity index (χ1v) is 5.43. The van der Waals surface area contributed by atoms with Crippen molar-refractivity contribution in [2.24, 2.45) is 5.10 Å². The molecule has 15 heavy (non-hydrogen) atoms. The van der Waals surface area contributed by atoms with Crippen LogP contribution < -0.4 is 39.9 Å². The second-order valence-corrected chi connectivity index (χ2v) is 3.65. The van der Waals surface area contributed by atoms with Crippen LogP contribution in [-0.4, -0.2) is 5.45 Å². The van der Waals surface area contributed by atoms with Gasteiger partial charge in [-0.05, 0) is 12.1 Å². The van der Waals surface area contributed by atoms with Gasteiger partial charge in [0, 0.05) is 6.42 Å². The summed E-state index contributed by atoms with van der Waals surface area (Å²) in [5.41, 5.74) is 3.61. The number of nitrogens with zero attached hydrogens (tertiary/aromatic N) is 1. The van der Waals surface area contributed by atoms with Gasteiger partial charge in [-0.15, -0.1) is 5.10 Å². The molecule has 4 nitrogen and oxygen atoms in total. The number of nitrogens with one attached hydrogen (secondary N) is 1. The Hall–Kier alpha value is -0.250. The topological polar surface area (TPSA) is 64.5 Å². The van der Waals surface area contributed by atoms with E-state index in [4.69, 9.17) is 0 Å². The number of hydrogen-bond acceptors (Lipinski definition) is 4. The summed E-state index contributed by atoms with van der Waals surface area (Å²) in [6, 6.07) is 9.20. The third kappa shape index (κ3) is 5.40. The Balaban J connectivity index is 0.00000196. The summed E-state index contributed by atoms with van der Waals surface area (Å²) in [4.78, 5) is 10.6. The maximum atomic E-state index is 10.6. The molecule has 1 rings (SSSR count). The Morgan fingerprint density at radius 2 is 2.07 bits per heavy atom. The summed E-state index contributed by atoms with van der Waals surface area (Å²) in [7, 11) is -2.57. The fourth-order valence-corrected chi connectivity index (χ4v) is 1.28. The molecule has 0 aliphatic heterocycles. The van der Waals surface area contributed by atoms with Gasteiger partial charge in [-0.1, -0.05) is 29.7 Å². The number of hydrogen-bond donors (Lipinski definition) is 1. The van der Waals surface area contributed by atoms with Crippen molar-refractivity contribution in [2.45, 2.75) is 13.3 Å². The molecule has 74 valence electrons. The van der Waals surface area contributed by atoms with Gasteiger partial charge < -0.3 is 4.89 Å². The average molecular weight is 233 g/mol. The first-order valence-electron chi connectivity index (χ1n) is 4.26. The van der Waals surface area contributed by atoms with Crippen molar-refractivity contribution in [3.05, 3.63) is 30.3 Å². The smallest absolute Gasteiger partial charge is 0.590 e. The Kier molecular flexibility index (Phi) is 7.83. The summed E-state index contributed by atoms with van der Waals surface area (Å²) in [5, 5.41) is 3.78. The van der Waals surface area contributed by atoms with Gasteiger partial charge in [0.25, 0.3) is 5.45 Å². The molecule has 1 aromatic carbocycles. The van der Waals surface area contributed by atoms with Crippen LogP contribution in [0, 0.1) is 0 Å². The van der Waals surface area contributed by atoms with E-state index in [9.17, 15) is 9.46 Å². The number of hydrazone groups is 1. The van der Waals surface area contributed by atoms with Crippen molar-refractivity contribution in [1.82, 2.24) is 0 Å². The van der Waals surface area contributed by atoms with Gasteiger partial charge in [-0.2, -0.15) is 0 Å². The van der Waals surface area contributed by atoms with Crippen molar-refractivity contribution < 1.29 is 39.0 Å². The van der Waals surface area contributed by atoms with E-state index in [2.05, 4.69) is 10.5 Å². The molecule has 1 aromatic rings. The second kappa shape index (κ2) is 7.97. The minimum absolute atomic E-state index is 0. The SMILES string of the molecule is CCC(=NNc1ccccc1)[P+](=O)[O-].[Na+]. The molecule has 0 fully saturated rings. The zero-order valence-electron chi connectivity index (χ0n) is 8.80. The zero-order chi connectivity index (χ0) is 10.4. The summed E-state index contributed by atoms with van der Waals surface area (Å²) in [6.07, 6.45) is 0.401. The molecule has 0 amide bonds. The van der Waals surface area contributed by atoms with Crippen molar-refractivity contribution >= 4 is 19.2 Å². The molecular weight excluding hydrogens is 222 g/mol. The maximum Gasteiger partial charge on any atom is 1.00 e. The normalized spacial score (nSPS) is 11.6. The molecule has 0 bridgehead atoms. The minimum Gasteiger partial charge on any atom is -0.590 e. The molecule has 0 aliphatic carbocycles. The summed E-state index contributed by atoms with van der Waals surface area (Å²) >= 11 is 0. The van der Waals surface area contributed by atoms with Crippen molar-refractivity contribution in [3.63, 3.8) is 0 Å². The molecule has 1 atom stereocenters. The first-order chi connectivity index (χ1) is 6.74. The molecule has 0 aliphatic rings. The number of benzene rings is 1. The number of rotatable bonds is 4. The van der Waals surface area contributed by atoms with Crippen LogP contribution in [0.25, 0.3) is 0 Å². The third-order valence-corrected chi connectivity index (χ3v) is 2.45. The first kappa shape index (κ1) is 14.8. The van der Waals surface area contributed by atoms with Crippen LogP contribution in [0.1, 0.15) is 13.3 Å². The van der Waals surface area contributed by atoms with E-state index in [1.165, 1.54) is 0 Å². The number of anilines is 1. The standard InChI is InChI=1S/C9H11N2O2P.Na/c1-2-9(14(12)13)11-10-8-6-4-3-5-7-8;/h3-7,10H,2H2,1H3;/q;+1. The van der Waals surface area contributed by atoms with Crippen LogP contribution in [0.5, 0.6) is 0 Å². The molecule has 6 heteroatoms. The van der Waals surface area contributed by atoms with Gasteiger partial charge in [0.15, 0.2) is 0 Å². The molecular formula is C9H11N2NaO2P+. The Morgan fingerprint density at radius 1 is 1.47 bits per heavy atom. The van der Waals surface area contributed by atoms with Crippen LogP contribution in [0.15, 0.2) is 35.4 Å². The zero-order valence-corrected chi connectivity index (χ0v) is 11.7. The molecule has 0 heterocycles. The van der Waals surface area contributed by atoms with E-state index in [0.717, 1.165) is 5.69 Å². The molecule has 1 N–H and O–H groups in total. The van der Waals surface area contributed by atoms with E-state index in [1.54, 1.807) is 6.92 Å². The summed E-state index contributed by atoms with van der Waals surface area (Å²) in [5.74, 6) is 0. The van der Waals surface area contributed by atoms with E-state index < -0.39 is 8.03 Å². The van der Waals surface area contributed by atoms with Gasteiger partial charge >= 0.3 is 37.6 Å².